The summed E-state index contributed by atoms with van der Waals surface area (Å²) in [7, 11) is 0. The second-order valence-electron chi connectivity index (χ2n) is 7.27. The van der Waals surface area contributed by atoms with Gasteiger partial charge in [0.05, 0.1) is 18.0 Å². The molecule has 1 heterocycles. The van der Waals surface area contributed by atoms with Gasteiger partial charge in [-0.15, -0.1) is 0 Å². The third-order valence-electron chi connectivity index (χ3n) is 5.00. The van der Waals surface area contributed by atoms with Crippen LogP contribution in [0.5, 0.6) is 5.75 Å². The van der Waals surface area contributed by atoms with E-state index in [1.165, 1.54) is 12.8 Å². The number of rotatable bonds is 6. The minimum atomic E-state index is -0.156. The average Bonchev–Trinajstić information content (AvgIpc) is 2.68. The maximum atomic E-state index is 12.5. The molecule has 5 heteroatoms. The zero-order valence-corrected chi connectivity index (χ0v) is 16.2. The zero-order valence-electron chi connectivity index (χ0n) is 16.2. The number of carbonyl (C=O) groups is 1. The van der Waals surface area contributed by atoms with Gasteiger partial charge in [-0.05, 0) is 67.6 Å². The van der Waals surface area contributed by atoms with Gasteiger partial charge in [0.1, 0.15) is 5.75 Å². The fourth-order valence-corrected chi connectivity index (χ4v) is 3.30. The standard InChI is InChI=1S/C22H29N3O2/c1-3-14-27-19-7-4-17(5-8-19)22(26)24-18-6-9-21(20(23)15-18)25-12-10-16(2)11-13-25/h4-9,15-16H,3,10-14,23H2,1-2H3,(H,24,26). The van der Waals surface area contributed by atoms with Gasteiger partial charge in [-0.3, -0.25) is 4.79 Å². The maximum Gasteiger partial charge on any atom is 0.255 e. The highest BCUT2D eigenvalue weighted by Crippen LogP contribution is 2.30. The number of hydrogen-bond acceptors (Lipinski definition) is 4. The van der Waals surface area contributed by atoms with Crippen LogP contribution in [0.1, 0.15) is 43.5 Å². The summed E-state index contributed by atoms with van der Waals surface area (Å²) in [6.45, 7) is 7.09. The van der Waals surface area contributed by atoms with Crippen molar-refractivity contribution in [3.63, 3.8) is 0 Å². The second-order valence-corrected chi connectivity index (χ2v) is 7.27. The molecule has 5 nitrogen and oxygen atoms in total. The van der Waals surface area contributed by atoms with Crippen LogP contribution in [0.2, 0.25) is 0 Å². The molecule has 2 aromatic carbocycles. The fourth-order valence-electron chi connectivity index (χ4n) is 3.30. The van der Waals surface area contributed by atoms with E-state index in [-0.39, 0.29) is 5.91 Å². The summed E-state index contributed by atoms with van der Waals surface area (Å²) in [5.74, 6) is 1.40. The number of nitrogen functional groups attached to an aromatic ring is 1. The first-order valence-corrected chi connectivity index (χ1v) is 9.75. The Morgan fingerprint density at radius 3 is 2.52 bits per heavy atom. The topological polar surface area (TPSA) is 67.6 Å². The highest BCUT2D eigenvalue weighted by molar-refractivity contribution is 6.04. The molecule has 1 saturated heterocycles. The van der Waals surface area contributed by atoms with Gasteiger partial charge in [0.2, 0.25) is 0 Å². The van der Waals surface area contributed by atoms with E-state index in [1.54, 1.807) is 12.1 Å². The molecule has 0 saturated carbocycles. The average molecular weight is 367 g/mol. The smallest absolute Gasteiger partial charge is 0.255 e. The third kappa shape index (κ3) is 4.94. The molecule has 0 aliphatic carbocycles. The molecule has 0 aromatic heterocycles. The Balaban J connectivity index is 1.63. The van der Waals surface area contributed by atoms with Gasteiger partial charge in [0, 0.05) is 24.3 Å². The molecule has 2 aromatic rings. The number of piperidine rings is 1. The van der Waals surface area contributed by atoms with Crippen molar-refractivity contribution in [3.05, 3.63) is 48.0 Å². The molecule has 1 fully saturated rings. The highest BCUT2D eigenvalue weighted by Gasteiger charge is 2.18. The van der Waals surface area contributed by atoms with Crippen molar-refractivity contribution in [2.24, 2.45) is 5.92 Å². The summed E-state index contributed by atoms with van der Waals surface area (Å²) in [5.41, 5.74) is 9.31. The molecule has 0 radical (unpaired) electrons. The predicted molar refractivity (Wildman–Crippen MR) is 112 cm³/mol. The Bertz CT molecular complexity index is 766. The van der Waals surface area contributed by atoms with Crippen molar-refractivity contribution in [3.8, 4) is 5.75 Å². The summed E-state index contributed by atoms with van der Waals surface area (Å²) in [4.78, 5) is 14.8. The Morgan fingerprint density at radius 2 is 1.89 bits per heavy atom. The summed E-state index contributed by atoms with van der Waals surface area (Å²) in [5, 5.41) is 2.92. The van der Waals surface area contributed by atoms with E-state index < -0.39 is 0 Å². The van der Waals surface area contributed by atoms with Crippen LogP contribution < -0.4 is 20.7 Å². The molecule has 3 N–H and O–H groups in total. The van der Waals surface area contributed by atoms with Crippen molar-refractivity contribution < 1.29 is 9.53 Å². The Hall–Kier alpha value is -2.69. The van der Waals surface area contributed by atoms with E-state index in [0.717, 1.165) is 36.9 Å². The number of nitrogens with one attached hydrogen (secondary N) is 1. The fraction of sp³-hybridized carbons (Fsp3) is 0.409. The predicted octanol–water partition coefficient (Wildman–Crippen LogP) is 4.55. The van der Waals surface area contributed by atoms with Crippen LogP contribution in [0.25, 0.3) is 0 Å². The van der Waals surface area contributed by atoms with Gasteiger partial charge in [0.25, 0.3) is 5.91 Å². The monoisotopic (exact) mass is 367 g/mol. The van der Waals surface area contributed by atoms with Gasteiger partial charge < -0.3 is 20.7 Å². The molecule has 1 amide bonds. The number of anilines is 3. The highest BCUT2D eigenvalue weighted by atomic mass is 16.5. The van der Waals surface area contributed by atoms with Crippen molar-refractivity contribution in [2.45, 2.75) is 33.1 Å². The third-order valence-corrected chi connectivity index (χ3v) is 5.00. The van der Waals surface area contributed by atoms with Crippen molar-refractivity contribution in [1.82, 2.24) is 0 Å². The minimum Gasteiger partial charge on any atom is -0.494 e. The molecule has 1 aliphatic rings. The lowest BCUT2D eigenvalue weighted by molar-refractivity contribution is 0.102. The molecule has 0 unspecified atom stereocenters. The maximum absolute atomic E-state index is 12.5. The molecule has 1 aliphatic heterocycles. The number of nitrogens with zero attached hydrogens (tertiary/aromatic N) is 1. The van der Waals surface area contributed by atoms with Gasteiger partial charge in [-0.25, -0.2) is 0 Å². The van der Waals surface area contributed by atoms with E-state index in [1.807, 2.05) is 30.3 Å². The zero-order chi connectivity index (χ0) is 19.2. The number of amides is 1. The van der Waals surface area contributed by atoms with E-state index in [2.05, 4.69) is 24.1 Å². The van der Waals surface area contributed by atoms with Crippen LogP contribution in [0, 0.1) is 5.92 Å². The quantitative estimate of drug-likeness (QED) is 0.735. The molecular formula is C22H29N3O2. The van der Waals surface area contributed by atoms with Crippen LogP contribution in [0.4, 0.5) is 17.1 Å². The molecule has 0 bridgehead atoms. The van der Waals surface area contributed by atoms with Gasteiger partial charge >= 0.3 is 0 Å². The van der Waals surface area contributed by atoms with Crippen LogP contribution in [0.3, 0.4) is 0 Å². The molecular weight excluding hydrogens is 338 g/mol. The van der Waals surface area contributed by atoms with Crippen LogP contribution >= 0.6 is 0 Å². The van der Waals surface area contributed by atoms with Crippen LogP contribution in [-0.2, 0) is 0 Å². The Morgan fingerprint density at radius 1 is 1.19 bits per heavy atom. The van der Waals surface area contributed by atoms with Gasteiger partial charge in [-0.2, -0.15) is 0 Å². The molecule has 144 valence electrons. The summed E-state index contributed by atoms with van der Waals surface area (Å²) >= 11 is 0. The number of benzene rings is 2. The first kappa shape index (κ1) is 19.1. The van der Waals surface area contributed by atoms with Gasteiger partial charge in [-0.1, -0.05) is 13.8 Å². The molecule has 0 spiro atoms. The van der Waals surface area contributed by atoms with Crippen molar-refractivity contribution in [2.75, 3.05) is 35.6 Å². The summed E-state index contributed by atoms with van der Waals surface area (Å²) in [6, 6.07) is 12.9. The first-order valence-electron chi connectivity index (χ1n) is 9.75. The lowest BCUT2D eigenvalue weighted by Crippen LogP contribution is -2.33. The number of hydrogen-bond donors (Lipinski definition) is 2. The van der Waals surface area contributed by atoms with E-state index in [0.29, 0.717) is 23.5 Å². The number of nitrogens with two attached hydrogens (primary N) is 1. The summed E-state index contributed by atoms with van der Waals surface area (Å²) in [6.07, 6.45) is 3.34. The minimum absolute atomic E-state index is 0.156. The first-order chi connectivity index (χ1) is 13.1. The van der Waals surface area contributed by atoms with Crippen molar-refractivity contribution >= 4 is 23.0 Å². The number of ether oxygens (including phenoxy) is 1. The SMILES string of the molecule is CCCOc1ccc(C(=O)Nc2ccc(N3CCC(C)CC3)c(N)c2)cc1. The largest absolute Gasteiger partial charge is 0.494 e. The van der Waals surface area contributed by atoms with Crippen molar-refractivity contribution in [1.29, 1.82) is 0 Å². The van der Waals surface area contributed by atoms with E-state index >= 15 is 0 Å². The lowest BCUT2D eigenvalue weighted by Gasteiger charge is -2.33. The van der Waals surface area contributed by atoms with Gasteiger partial charge in [0.15, 0.2) is 0 Å². The molecule has 3 rings (SSSR count). The normalized spacial score (nSPS) is 14.8. The second kappa shape index (κ2) is 8.80. The Labute approximate surface area is 161 Å². The molecule has 27 heavy (non-hydrogen) atoms. The Kier molecular flexibility index (Phi) is 6.22. The molecule has 0 atom stereocenters. The van der Waals surface area contributed by atoms with E-state index in [4.69, 9.17) is 10.5 Å². The summed E-state index contributed by atoms with van der Waals surface area (Å²) < 4.78 is 5.55. The lowest BCUT2D eigenvalue weighted by atomic mass is 9.98. The van der Waals surface area contributed by atoms with Crippen LogP contribution in [0.15, 0.2) is 42.5 Å². The van der Waals surface area contributed by atoms with Crippen LogP contribution in [-0.4, -0.2) is 25.6 Å². The number of carbonyl (C=O) groups excluding carboxylic acids is 1. The van der Waals surface area contributed by atoms with E-state index in [9.17, 15) is 4.79 Å².